The number of aryl methyl sites for hydroxylation is 1. The highest BCUT2D eigenvalue weighted by molar-refractivity contribution is 7.89. The van der Waals surface area contributed by atoms with E-state index in [-0.39, 0.29) is 29.1 Å². The van der Waals surface area contributed by atoms with Crippen LogP contribution in [-0.4, -0.2) is 53.4 Å². The van der Waals surface area contributed by atoms with Gasteiger partial charge in [0, 0.05) is 25.2 Å². The SMILES string of the molecule is CCCN(Cc1nnc(-c2ccco2)o1)C(=O)c1cc(S(=O)(=O)N2CCCCC2)ccc1C. The van der Waals surface area contributed by atoms with E-state index in [4.69, 9.17) is 8.83 Å². The monoisotopic (exact) mass is 472 g/mol. The Kier molecular flexibility index (Phi) is 6.94. The molecule has 0 bridgehead atoms. The van der Waals surface area contributed by atoms with Gasteiger partial charge in [0.05, 0.1) is 17.7 Å². The minimum Gasteiger partial charge on any atom is -0.459 e. The number of furan rings is 1. The molecule has 0 saturated carbocycles. The van der Waals surface area contributed by atoms with Gasteiger partial charge < -0.3 is 13.7 Å². The molecule has 1 saturated heterocycles. The summed E-state index contributed by atoms with van der Waals surface area (Å²) in [5.41, 5.74) is 1.06. The molecule has 10 heteroatoms. The van der Waals surface area contributed by atoms with Gasteiger partial charge in [-0.2, -0.15) is 4.31 Å². The highest BCUT2D eigenvalue weighted by Gasteiger charge is 2.28. The van der Waals surface area contributed by atoms with Gasteiger partial charge in [0.1, 0.15) is 0 Å². The molecule has 1 aromatic carbocycles. The summed E-state index contributed by atoms with van der Waals surface area (Å²) in [6.45, 7) is 5.36. The molecule has 0 unspecified atom stereocenters. The fourth-order valence-electron chi connectivity index (χ4n) is 3.92. The Hall–Kier alpha value is -2.98. The Labute approximate surface area is 193 Å². The second-order valence-electron chi connectivity index (χ2n) is 8.15. The van der Waals surface area contributed by atoms with Crippen molar-refractivity contribution in [3.63, 3.8) is 0 Å². The molecule has 2 aromatic heterocycles. The Balaban J connectivity index is 1.58. The van der Waals surface area contributed by atoms with Crippen molar-refractivity contribution in [2.75, 3.05) is 19.6 Å². The maximum Gasteiger partial charge on any atom is 0.283 e. The lowest BCUT2D eigenvalue weighted by molar-refractivity contribution is 0.0727. The Morgan fingerprint density at radius 3 is 2.64 bits per heavy atom. The minimum absolute atomic E-state index is 0.114. The minimum atomic E-state index is -3.64. The summed E-state index contributed by atoms with van der Waals surface area (Å²) in [5.74, 6) is 0.694. The van der Waals surface area contributed by atoms with Gasteiger partial charge in [-0.3, -0.25) is 4.79 Å². The van der Waals surface area contributed by atoms with Crippen molar-refractivity contribution in [3.05, 3.63) is 53.6 Å². The molecule has 9 nitrogen and oxygen atoms in total. The average molecular weight is 473 g/mol. The molecular weight excluding hydrogens is 444 g/mol. The summed E-state index contributed by atoms with van der Waals surface area (Å²) in [6, 6.07) is 8.19. The van der Waals surface area contributed by atoms with E-state index < -0.39 is 10.0 Å². The van der Waals surface area contributed by atoms with Gasteiger partial charge in [-0.25, -0.2) is 8.42 Å². The molecule has 1 amide bonds. The average Bonchev–Trinajstić information content (AvgIpc) is 3.51. The first kappa shape index (κ1) is 23.2. The van der Waals surface area contributed by atoms with Crippen LogP contribution in [0.3, 0.4) is 0 Å². The van der Waals surface area contributed by atoms with Crippen molar-refractivity contribution < 1.29 is 22.0 Å². The van der Waals surface area contributed by atoms with Crippen LogP contribution in [0, 0.1) is 6.92 Å². The van der Waals surface area contributed by atoms with Crippen molar-refractivity contribution in [2.24, 2.45) is 0 Å². The molecule has 4 rings (SSSR count). The third-order valence-electron chi connectivity index (χ3n) is 5.70. The zero-order chi connectivity index (χ0) is 23.4. The smallest absolute Gasteiger partial charge is 0.283 e. The second-order valence-corrected chi connectivity index (χ2v) is 10.1. The van der Waals surface area contributed by atoms with Crippen molar-refractivity contribution >= 4 is 15.9 Å². The first-order chi connectivity index (χ1) is 15.9. The molecule has 1 aliphatic heterocycles. The fraction of sp³-hybridized carbons (Fsp3) is 0.435. The summed E-state index contributed by atoms with van der Waals surface area (Å²) in [5, 5.41) is 8.02. The van der Waals surface area contributed by atoms with Gasteiger partial charge in [-0.15, -0.1) is 10.2 Å². The number of benzene rings is 1. The summed E-state index contributed by atoms with van der Waals surface area (Å²) < 4.78 is 38.7. The number of aromatic nitrogens is 2. The van der Waals surface area contributed by atoms with E-state index in [9.17, 15) is 13.2 Å². The van der Waals surface area contributed by atoms with E-state index in [0.29, 0.717) is 36.5 Å². The van der Waals surface area contributed by atoms with Crippen LogP contribution in [0.25, 0.3) is 11.7 Å². The predicted molar refractivity (Wildman–Crippen MR) is 121 cm³/mol. The lowest BCUT2D eigenvalue weighted by Gasteiger charge is -2.26. The first-order valence-corrected chi connectivity index (χ1v) is 12.6. The van der Waals surface area contributed by atoms with Crippen LogP contribution in [0.2, 0.25) is 0 Å². The van der Waals surface area contributed by atoms with Crippen molar-refractivity contribution in [1.82, 2.24) is 19.4 Å². The second kappa shape index (κ2) is 9.88. The van der Waals surface area contributed by atoms with Gasteiger partial charge in [0.25, 0.3) is 11.8 Å². The molecule has 1 fully saturated rings. The van der Waals surface area contributed by atoms with E-state index in [0.717, 1.165) is 25.7 Å². The largest absolute Gasteiger partial charge is 0.459 e. The van der Waals surface area contributed by atoms with Crippen LogP contribution in [0.15, 0.2) is 50.3 Å². The molecule has 0 aliphatic carbocycles. The van der Waals surface area contributed by atoms with Crippen LogP contribution in [0.5, 0.6) is 0 Å². The van der Waals surface area contributed by atoms with E-state index >= 15 is 0 Å². The van der Waals surface area contributed by atoms with Gasteiger partial charge in [0.15, 0.2) is 5.76 Å². The molecule has 3 aromatic rings. The summed E-state index contributed by atoms with van der Waals surface area (Å²) >= 11 is 0. The Morgan fingerprint density at radius 1 is 1.15 bits per heavy atom. The van der Waals surface area contributed by atoms with Gasteiger partial charge in [0.2, 0.25) is 15.9 Å². The lowest BCUT2D eigenvalue weighted by atomic mass is 10.1. The van der Waals surface area contributed by atoms with E-state index in [1.165, 1.54) is 16.6 Å². The van der Waals surface area contributed by atoms with E-state index in [2.05, 4.69) is 10.2 Å². The van der Waals surface area contributed by atoms with Gasteiger partial charge >= 0.3 is 0 Å². The van der Waals surface area contributed by atoms with Crippen molar-refractivity contribution in [3.8, 4) is 11.7 Å². The number of sulfonamides is 1. The highest BCUT2D eigenvalue weighted by atomic mass is 32.2. The number of hydrogen-bond acceptors (Lipinski definition) is 7. The maximum atomic E-state index is 13.5. The van der Waals surface area contributed by atoms with E-state index in [1.54, 1.807) is 36.1 Å². The molecule has 176 valence electrons. The van der Waals surface area contributed by atoms with Crippen molar-refractivity contribution in [1.29, 1.82) is 0 Å². The van der Waals surface area contributed by atoms with Crippen LogP contribution < -0.4 is 0 Å². The van der Waals surface area contributed by atoms with Crippen LogP contribution in [0.4, 0.5) is 0 Å². The molecule has 0 radical (unpaired) electrons. The van der Waals surface area contributed by atoms with Crippen molar-refractivity contribution in [2.45, 2.75) is 51.0 Å². The maximum absolute atomic E-state index is 13.5. The molecule has 1 aliphatic rings. The van der Waals surface area contributed by atoms with E-state index in [1.807, 2.05) is 6.92 Å². The number of nitrogens with zero attached hydrogens (tertiary/aromatic N) is 4. The summed E-state index contributed by atoms with van der Waals surface area (Å²) in [4.78, 5) is 15.2. The third kappa shape index (κ3) is 5.01. The van der Waals surface area contributed by atoms with Crippen LogP contribution in [0.1, 0.15) is 54.4 Å². The summed E-state index contributed by atoms with van der Waals surface area (Å²) in [6.07, 6.45) is 4.97. The number of piperidine rings is 1. The molecule has 0 atom stereocenters. The quantitative estimate of drug-likeness (QED) is 0.489. The molecule has 0 N–H and O–H groups in total. The molecular formula is C23H28N4O5S. The third-order valence-corrected chi connectivity index (χ3v) is 7.59. The highest BCUT2D eigenvalue weighted by Crippen LogP contribution is 2.24. The lowest BCUT2D eigenvalue weighted by Crippen LogP contribution is -2.36. The molecule has 3 heterocycles. The molecule has 0 spiro atoms. The molecule has 33 heavy (non-hydrogen) atoms. The van der Waals surface area contributed by atoms with Crippen LogP contribution >= 0.6 is 0 Å². The zero-order valence-corrected chi connectivity index (χ0v) is 19.7. The number of hydrogen-bond donors (Lipinski definition) is 0. The summed E-state index contributed by atoms with van der Waals surface area (Å²) in [7, 11) is -3.64. The topological polar surface area (TPSA) is 110 Å². The first-order valence-electron chi connectivity index (χ1n) is 11.2. The number of rotatable bonds is 8. The normalized spacial score (nSPS) is 15.0. The number of carbonyl (C=O) groups is 1. The predicted octanol–water partition coefficient (Wildman–Crippen LogP) is 3.87. The number of carbonyl (C=O) groups excluding carboxylic acids is 1. The standard InChI is InChI=1S/C23H28N4O5S/c1-3-11-26(16-21-24-25-22(32-21)20-8-7-14-31-20)23(28)19-15-18(10-9-17(19)2)33(29,30)27-12-5-4-6-13-27/h7-10,14-15H,3-6,11-13,16H2,1-2H3. The Bertz CT molecular complexity index is 1200. The Morgan fingerprint density at radius 2 is 1.94 bits per heavy atom. The zero-order valence-electron chi connectivity index (χ0n) is 18.9. The van der Waals surface area contributed by atoms with Crippen LogP contribution in [-0.2, 0) is 16.6 Å². The fourth-order valence-corrected chi connectivity index (χ4v) is 5.46. The number of amides is 1. The van der Waals surface area contributed by atoms with Gasteiger partial charge in [-0.05, 0) is 56.0 Å². The van der Waals surface area contributed by atoms with Gasteiger partial charge in [-0.1, -0.05) is 19.4 Å².